The van der Waals surface area contributed by atoms with Crippen molar-refractivity contribution in [3.63, 3.8) is 0 Å². The van der Waals surface area contributed by atoms with Crippen LogP contribution in [0.2, 0.25) is 0 Å². The van der Waals surface area contributed by atoms with E-state index < -0.39 is 0 Å². The number of phenolic OH excluding ortho intramolecular Hbond substituents is 1. The van der Waals surface area contributed by atoms with Crippen molar-refractivity contribution in [3.05, 3.63) is 78.4 Å². The van der Waals surface area contributed by atoms with Crippen molar-refractivity contribution in [2.75, 3.05) is 0 Å². The third-order valence-electron chi connectivity index (χ3n) is 3.56. The molecule has 1 heteroatoms. The molecule has 1 N–H and O–H groups in total. The molecule has 3 aromatic carbocycles. The van der Waals surface area contributed by atoms with E-state index in [9.17, 15) is 5.11 Å². The van der Waals surface area contributed by atoms with E-state index in [2.05, 4.69) is 31.2 Å². The van der Waals surface area contributed by atoms with Gasteiger partial charge in [-0.3, -0.25) is 0 Å². The van der Waals surface area contributed by atoms with Crippen molar-refractivity contribution >= 4 is 0 Å². The highest BCUT2D eigenvalue weighted by molar-refractivity contribution is 5.86. The van der Waals surface area contributed by atoms with Crippen LogP contribution in [-0.2, 0) is 0 Å². The first-order valence-corrected chi connectivity index (χ1v) is 6.71. The first-order chi connectivity index (χ1) is 9.77. The van der Waals surface area contributed by atoms with Crippen LogP contribution in [0.4, 0.5) is 0 Å². The molecule has 0 amide bonds. The number of hydrogen-bond acceptors (Lipinski definition) is 1. The zero-order valence-corrected chi connectivity index (χ0v) is 11.4. The fourth-order valence-electron chi connectivity index (χ4n) is 2.53. The summed E-state index contributed by atoms with van der Waals surface area (Å²) < 4.78 is 0. The van der Waals surface area contributed by atoms with Crippen molar-refractivity contribution in [3.8, 4) is 28.0 Å². The number of phenols is 1. The Morgan fingerprint density at radius 2 is 1.00 bits per heavy atom. The van der Waals surface area contributed by atoms with E-state index in [0.29, 0.717) is 5.75 Å². The minimum absolute atomic E-state index is 0.313. The van der Waals surface area contributed by atoms with Gasteiger partial charge in [0.25, 0.3) is 0 Å². The predicted molar refractivity (Wildman–Crippen MR) is 83.7 cm³/mol. The molecular formula is C19H16O. The van der Waals surface area contributed by atoms with Crippen LogP contribution >= 0.6 is 0 Å². The molecule has 0 saturated heterocycles. The Kier molecular flexibility index (Phi) is 3.26. The second kappa shape index (κ2) is 5.22. The summed E-state index contributed by atoms with van der Waals surface area (Å²) in [6.45, 7) is 2.11. The van der Waals surface area contributed by atoms with E-state index >= 15 is 0 Å². The maximum absolute atomic E-state index is 10.1. The third-order valence-corrected chi connectivity index (χ3v) is 3.56. The highest BCUT2D eigenvalue weighted by Crippen LogP contribution is 2.37. The first-order valence-electron chi connectivity index (χ1n) is 6.71. The lowest BCUT2D eigenvalue weighted by molar-refractivity contribution is 0.477. The second-order valence-corrected chi connectivity index (χ2v) is 4.88. The molecule has 0 bridgehead atoms. The monoisotopic (exact) mass is 260 g/mol. The van der Waals surface area contributed by atoms with E-state index in [-0.39, 0.29) is 0 Å². The van der Waals surface area contributed by atoms with Crippen LogP contribution in [0.25, 0.3) is 22.3 Å². The van der Waals surface area contributed by atoms with Gasteiger partial charge in [-0.25, -0.2) is 0 Å². The molecule has 0 fully saturated rings. The number of rotatable bonds is 2. The highest BCUT2D eigenvalue weighted by Gasteiger charge is 2.10. The summed E-state index contributed by atoms with van der Waals surface area (Å²) in [5, 5.41) is 10.1. The fraction of sp³-hybridized carbons (Fsp3) is 0.0526. The van der Waals surface area contributed by atoms with Crippen LogP contribution in [0.1, 0.15) is 5.56 Å². The van der Waals surface area contributed by atoms with Gasteiger partial charge < -0.3 is 5.11 Å². The van der Waals surface area contributed by atoms with Crippen molar-refractivity contribution in [2.24, 2.45) is 0 Å². The molecule has 20 heavy (non-hydrogen) atoms. The standard InChI is InChI=1S/C19H16O/c1-14-8-2-3-9-15(14)16-10-4-5-11-17(16)18-12-6-7-13-19(18)20/h2-13,20H,1H3. The fourth-order valence-corrected chi connectivity index (χ4v) is 2.53. The van der Waals surface area contributed by atoms with E-state index in [4.69, 9.17) is 0 Å². The Labute approximate surface area is 119 Å². The molecule has 0 heterocycles. The van der Waals surface area contributed by atoms with Crippen molar-refractivity contribution in [1.29, 1.82) is 0 Å². The Bertz CT molecular complexity index is 680. The van der Waals surface area contributed by atoms with Crippen LogP contribution < -0.4 is 0 Å². The topological polar surface area (TPSA) is 20.2 Å². The average molecular weight is 260 g/mol. The normalized spacial score (nSPS) is 10.4. The maximum Gasteiger partial charge on any atom is 0.123 e. The summed E-state index contributed by atoms with van der Waals surface area (Å²) in [5.74, 6) is 0.313. The van der Waals surface area contributed by atoms with Crippen LogP contribution in [0.5, 0.6) is 5.75 Å². The summed E-state index contributed by atoms with van der Waals surface area (Å²) in [5.41, 5.74) is 5.50. The molecule has 0 saturated carbocycles. The summed E-state index contributed by atoms with van der Waals surface area (Å²) in [6, 6.07) is 24.0. The maximum atomic E-state index is 10.1. The Hall–Kier alpha value is -2.54. The molecule has 3 rings (SSSR count). The molecule has 0 aliphatic heterocycles. The average Bonchev–Trinajstić information content (AvgIpc) is 2.48. The zero-order valence-electron chi connectivity index (χ0n) is 11.4. The number of benzene rings is 3. The lowest BCUT2D eigenvalue weighted by Gasteiger charge is -2.13. The van der Waals surface area contributed by atoms with Crippen LogP contribution in [-0.4, -0.2) is 5.11 Å². The SMILES string of the molecule is Cc1ccccc1-c1ccccc1-c1ccccc1O. The zero-order chi connectivity index (χ0) is 13.9. The molecular weight excluding hydrogens is 244 g/mol. The van der Waals surface area contributed by atoms with Gasteiger partial charge >= 0.3 is 0 Å². The molecule has 0 unspecified atom stereocenters. The van der Waals surface area contributed by atoms with Crippen molar-refractivity contribution in [2.45, 2.75) is 6.92 Å². The lowest BCUT2D eigenvalue weighted by Crippen LogP contribution is -1.88. The molecule has 98 valence electrons. The smallest absolute Gasteiger partial charge is 0.123 e. The molecule has 0 aliphatic carbocycles. The summed E-state index contributed by atoms with van der Waals surface area (Å²) in [6.07, 6.45) is 0. The molecule has 1 nitrogen and oxygen atoms in total. The quantitative estimate of drug-likeness (QED) is 0.684. The van der Waals surface area contributed by atoms with Crippen LogP contribution in [0.15, 0.2) is 72.8 Å². The molecule has 0 spiro atoms. The molecule has 0 radical (unpaired) electrons. The Morgan fingerprint density at radius 3 is 1.60 bits per heavy atom. The Morgan fingerprint density at radius 1 is 0.550 bits per heavy atom. The largest absolute Gasteiger partial charge is 0.507 e. The van der Waals surface area contributed by atoms with E-state index in [0.717, 1.165) is 16.7 Å². The van der Waals surface area contributed by atoms with E-state index in [1.54, 1.807) is 6.07 Å². The van der Waals surface area contributed by atoms with Gasteiger partial charge in [0, 0.05) is 5.56 Å². The molecule has 0 aliphatic rings. The molecule has 0 aromatic heterocycles. The highest BCUT2D eigenvalue weighted by atomic mass is 16.3. The summed E-state index contributed by atoms with van der Waals surface area (Å²) >= 11 is 0. The third kappa shape index (κ3) is 2.19. The number of aryl methyl sites for hydroxylation is 1. The van der Waals surface area contributed by atoms with Crippen molar-refractivity contribution < 1.29 is 5.11 Å². The van der Waals surface area contributed by atoms with Gasteiger partial charge in [-0.1, -0.05) is 66.7 Å². The Balaban J connectivity index is 2.25. The predicted octanol–water partition coefficient (Wildman–Crippen LogP) is 5.03. The van der Waals surface area contributed by atoms with Crippen molar-refractivity contribution in [1.82, 2.24) is 0 Å². The summed E-state index contributed by atoms with van der Waals surface area (Å²) in [4.78, 5) is 0. The van der Waals surface area contributed by atoms with Gasteiger partial charge in [-0.15, -0.1) is 0 Å². The van der Waals surface area contributed by atoms with Gasteiger partial charge in [0.05, 0.1) is 0 Å². The van der Waals surface area contributed by atoms with E-state index in [1.807, 2.05) is 42.5 Å². The van der Waals surface area contributed by atoms with Crippen LogP contribution in [0.3, 0.4) is 0 Å². The first kappa shape index (κ1) is 12.5. The van der Waals surface area contributed by atoms with Gasteiger partial charge in [-0.05, 0) is 35.2 Å². The minimum atomic E-state index is 0.313. The summed E-state index contributed by atoms with van der Waals surface area (Å²) in [7, 11) is 0. The second-order valence-electron chi connectivity index (χ2n) is 4.88. The molecule has 3 aromatic rings. The van der Waals surface area contributed by atoms with Gasteiger partial charge in [0.15, 0.2) is 0 Å². The number of para-hydroxylation sites is 1. The van der Waals surface area contributed by atoms with Crippen LogP contribution in [0, 0.1) is 6.92 Å². The van der Waals surface area contributed by atoms with E-state index in [1.165, 1.54) is 11.1 Å². The van der Waals surface area contributed by atoms with Gasteiger partial charge in [-0.2, -0.15) is 0 Å². The van der Waals surface area contributed by atoms with Gasteiger partial charge in [0.2, 0.25) is 0 Å². The molecule has 0 atom stereocenters. The number of aromatic hydroxyl groups is 1. The number of hydrogen-bond donors (Lipinski definition) is 1. The van der Waals surface area contributed by atoms with Gasteiger partial charge in [0.1, 0.15) is 5.75 Å². The lowest BCUT2D eigenvalue weighted by atomic mass is 9.92. The minimum Gasteiger partial charge on any atom is -0.507 e.